The molecule has 0 radical (unpaired) electrons. The van der Waals surface area contributed by atoms with Crippen LogP contribution in [0, 0.1) is 5.82 Å². The number of hydrogen-bond donors (Lipinski definition) is 1. The van der Waals surface area contributed by atoms with Crippen molar-refractivity contribution in [2.75, 3.05) is 6.61 Å². The molecule has 0 spiro atoms. The van der Waals surface area contributed by atoms with E-state index >= 15 is 4.39 Å². The number of nitrogens with one attached hydrogen (secondary N) is 1. The maximum Gasteiger partial charge on any atom is 0.260 e. The molecule has 2 saturated carbocycles. The highest BCUT2D eigenvalue weighted by molar-refractivity contribution is 5.98. The number of aromatic nitrogens is 2. The van der Waals surface area contributed by atoms with Gasteiger partial charge in [0.05, 0.1) is 24.0 Å². The van der Waals surface area contributed by atoms with E-state index < -0.39 is 11.7 Å². The number of carbonyl (C=O) groups excluding carboxylic acids is 2. The van der Waals surface area contributed by atoms with E-state index in [9.17, 15) is 9.59 Å². The third-order valence-corrected chi connectivity index (χ3v) is 7.81. The van der Waals surface area contributed by atoms with Crippen molar-refractivity contribution in [3.8, 4) is 5.75 Å². The lowest BCUT2D eigenvalue weighted by Crippen LogP contribution is -2.27. The number of pyridine rings is 1. The van der Waals surface area contributed by atoms with Crippen LogP contribution in [0.3, 0.4) is 0 Å². The van der Waals surface area contributed by atoms with Gasteiger partial charge >= 0.3 is 0 Å². The summed E-state index contributed by atoms with van der Waals surface area (Å²) in [6.07, 6.45) is 14.7. The van der Waals surface area contributed by atoms with E-state index in [1.54, 1.807) is 54.6 Å². The number of nitrogens with zero attached hydrogens (tertiary/aromatic N) is 3. The zero-order valence-electron chi connectivity index (χ0n) is 21.9. The van der Waals surface area contributed by atoms with E-state index in [4.69, 9.17) is 9.47 Å². The minimum Gasteiger partial charge on any atom is -0.487 e. The Balaban J connectivity index is 1.44. The first kappa shape index (κ1) is 25.4. The van der Waals surface area contributed by atoms with Crippen LogP contribution in [0.4, 0.5) is 4.39 Å². The second-order valence-corrected chi connectivity index (χ2v) is 10.9. The molecule has 198 valence electrons. The van der Waals surface area contributed by atoms with E-state index in [-0.39, 0.29) is 40.1 Å². The highest BCUT2D eigenvalue weighted by Crippen LogP contribution is 2.55. The van der Waals surface area contributed by atoms with Crippen LogP contribution in [0.25, 0.3) is 5.65 Å². The third kappa shape index (κ3) is 4.77. The Labute approximate surface area is 216 Å². The molecular formula is C28H35FN4O4. The molecule has 9 heteroatoms. The molecule has 1 aliphatic heterocycles. The molecule has 1 N–H and O–H groups in total. The van der Waals surface area contributed by atoms with Gasteiger partial charge < -0.3 is 24.1 Å². The molecule has 37 heavy (non-hydrogen) atoms. The fourth-order valence-corrected chi connectivity index (χ4v) is 5.53. The maximum atomic E-state index is 15.8. The van der Waals surface area contributed by atoms with Crippen molar-refractivity contribution in [3.05, 3.63) is 53.5 Å². The van der Waals surface area contributed by atoms with Crippen molar-refractivity contribution in [2.24, 2.45) is 0 Å². The van der Waals surface area contributed by atoms with Gasteiger partial charge in [-0.15, -0.1) is 0 Å². The standard InChI is InChI=1S/C28H35FN4O4/c1-5-28-11-10-27(15-28,16-36-28)22-14-33-13-21(24(37-18(2)3)23(29)25(33)31-22)26(35)30-19(4)7-6-12-32(17-34)20-8-9-20/h6-7,12-14,17-18,20H,5,8-11,15-16H2,1-4H3,(H,30,35)/b12-6-,19-7+. The number of fused-ring (bicyclic) bond motifs is 3. The number of carbonyl (C=O) groups is 2. The number of rotatable bonds is 10. The van der Waals surface area contributed by atoms with Crippen molar-refractivity contribution in [2.45, 2.75) is 89.4 Å². The minimum atomic E-state index is -0.657. The number of amides is 2. The lowest BCUT2D eigenvalue weighted by molar-refractivity contribution is -0.116. The number of halogens is 1. The molecule has 2 aromatic rings. The third-order valence-electron chi connectivity index (χ3n) is 7.81. The van der Waals surface area contributed by atoms with Crippen LogP contribution in [-0.4, -0.2) is 51.0 Å². The molecule has 3 aliphatic rings. The summed E-state index contributed by atoms with van der Waals surface area (Å²) < 4.78 is 29.3. The Bertz CT molecular complexity index is 1270. The molecule has 2 unspecified atom stereocenters. The van der Waals surface area contributed by atoms with Crippen LogP contribution in [0.2, 0.25) is 0 Å². The zero-order valence-corrected chi connectivity index (χ0v) is 21.9. The van der Waals surface area contributed by atoms with Crippen molar-refractivity contribution in [3.63, 3.8) is 0 Å². The van der Waals surface area contributed by atoms with Crippen molar-refractivity contribution in [1.82, 2.24) is 19.6 Å². The number of ether oxygens (including phenoxy) is 2. The second kappa shape index (κ2) is 9.59. The predicted octanol–water partition coefficient (Wildman–Crippen LogP) is 4.63. The normalized spacial score (nSPS) is 25.4. The average Bonchev–Trinajstić information content (AvgIpc) is 3.34. The van der Waals surface area contributed by atoms with Gasteiger partial charge in [-0.2, -0.15) is 4.39 Å². The summed E-state index contributed by atoms with van der Waals surface area (Å²) in [6, 6.07) is 0.264. The van der Waals surface area contributed by atoms with Gasteiger partial charge in [0.15, 0.2) is 11.4 Å². The highest BCUT2D eigenvalue weighted by atomic mass is 19.1. The average molecular weight is 511 g/mol. The molecule has 1 saturated heterocycles. The molecule has 2 amide bonds. The molecule has 8 nitrogen and oxygen atoms in total. The minimum absolute atomic E-state index is 0.0846. The van der Waals surface area contributed by atoms with Crippen molar-refractivity contribution >= 4 is 18.0 Å². The Morgan fingerprint density at radius 1 is 1.38 bits per heavy atom. The molecule has 5 rings (SSSR count). The molecule has 0 aromatic carbocycles. The Morgan fingerprint density at radius 3 is 2.76 bits per heavy atom. The van der Waals surface area contributed by atoms with Gasteiger partial charge in [0, 0.05) is 35.7 Å². The quantitative estimate of drug-likeness (QED) is 0.372. The molecule has 2 atom stereocenters. The van der Waals surface area contributed by atoms with Crippen LogP contribution in [0.15, 0.2) is 36.4 Å². The van der Waals surface area contributed by atoms with Gasteiger partial charge in [0.2, 0.25) is 12.2 Å². The van der Waals surface area contributed by atoms with Gasteiger partial charge in [0.1, 0.15) is 5.56 Å². The van der Waals surface area contributed by atoms with Crippen LogP contribution in [0.1, 0.15) is 82.3 Å². The van der Waals surface area contributed by atoms with Gasteiger partial charge in [-0.25, -0.2) is 4.98 Å². The van der Waals surface area contributed by atoms with Crippen molar-refractivity contribution in [1.29, 1.82) is 0 Å². The molecule has 2 aliphatic carbocycles. The van der Waals surface area contributed by atoms with Gasteiger partial charge in [-0.05, 0) is 71.4 Å². The fourth-order valence-electron chi connectivity index (χ4n) is 5.53. The second-order valence-electron chi connectivity index (χ2n) is 10.9. The number of allylic oxidation sites excluding steroid dienone is 3. The Morgan fingerprint density at radius 2 is 2.16 bits per heavy atom. The first-order valence-corrected chi connectivity index (χ1v) is 13.1. The van der Waals surface area contributed by atoms with Crippen molar-refractivity contribution < 1.29 is 23.5 Å². The van der Waals surface area contributed by atoms with Crippen LogP contribution in [-0.2, 0) is 14.9 Å². The summed E-state index contributed by atoms with van der Waals surface area (Å²) in [5.41, 5.74) is 1.24. The number of imidazole rings is 1. The van der Waals surface area contributed by atoms with Gasteiger partial charge in [-0.3, -0.25) is 9.59 Å². The first-order valence-electron chi connectivity index (χ1n) is 13.1. The first-order chi connectivity index (χ1) is 17.7. The zero-order chi connectivity index (χ0) is 26.4. The lowest BCUT2D eigenvalue weighted by atomic mass is 9.84. The summed E-state index contributed by atoms with van der Waals surface area (Å²) in [5, 5.41) is 2.80. The van der Waals surface area contributed by atoms with E-state index in [1.165, 1.54) is 0 Å². The molecule has 3 fully saturated rings. The summed E-state index contributed by atoms with van der Waals surface area (Å²) in [5.74, 6) is -1.26. The Hall–Kier alpha value is -3.20. The number of hydrogen-bond acceptors (Lipinski definition) is 5. The largest absolute Gasteiger partial charge is 0.487 e. The van der Waals surface area contributed by atoms with E-state index in [0.717, 1.165) is 50.6 Å². The van der Waals surface area contributed by atoms with Crippen LogP contribution in [0.5, 0.6) is 5.75 Å². The summed E-state index contributed by atoms with van der Waals surface area (Å²) in [7, 11) is 0. The van der Waals surface area contributed by atoms with E-state index in [0.29, 0.717) is 12.3 Å². The highest BCUT2D eigenvalue weighted by Gasteiger charge is 2.56. The van der Waals surface area contributed by atoms with E-state index in [1.807, 2.05) is 6.20 Å². The molecule has 2 bridgehead atoms. The van der Waals surface area contributed by atoms with Gasteiger partial charge in [-0.1, -0.05) is 6.92 Å². The predicted molar refractivity (Wildman–Crippen MR) is 137 cm³/mol. The molecular weight excluding hydrogens is 475 g/mol. The molecule has 2 aromatic heterocycles. The van der Waals surface area contributed by atoms with Crippen LogP contribution >= 0.6 is 0 Å². The lowest BCUT2D eigenvalue weighted by Gasteiger charge is -2.26. The molecule has 3 heterocycles. The summed E-state index contributed by atoms with van der Waals surface area (Å²) >= 11 is 0. The SMILES string of the molecule is CCC12CCC(c3cn4cc(C(=O)N/C(C)=C/C=C\N(C=O)C5CC5)c(OC(C)C)c(F)c4n3)(CO1)C2. The van der Waals surface area contributed by atoms with E-state index in [2.05, 4.69) is 17.2 Å². The maximum absolute atomic E-state index is 15.8. The van der Waals surface area contributed by atoms with Crippen LogP contribution < -0.4 is 10.1 Å². The topological polar surface area (TPSA) is 85.2 Å². The summed E-state index contributed by atoms with van der Waals surface area (Å²) in [6.45, 7) is 8.03. The Kier molecular flexibility index (Phi) is 6.60. The monoisotopic (exact) mass is 510 g/mol. The fraction of sp³-hybridized carbons (Fsp3) is 0.536. The van der Waals surface area contributed by atoms with Gasteiger partial charge in [0.25, 0.3) is 5.91 Å². The summed E-state index contributed by atoms with van der Waals surface area (Å²) in [4.78, 5) is 30.7. The smallest absolute Gasteiger partial charge is 0.260 e.